The number of carbonyl (C=O) groups is 1. The molecule has 2 aromatic carbocycles. The van der Waals surface area contributed by atoms with E-state index in [1.54, 1.807) is 30.3 Å². The largest absolute Gasteiger partial charge is 0.326 e. The zero-order chi connectivity index (χ0) is 19.4. The quantitative estimate of drug-likeness (QED) is 0.849. The summed E-state index contributed by atoms with van der Waals surface area (Å²) in [5.41, 5.74) is 1.89. The second-order valence-corrected chi connectivity index (χ2v) is 9.18. The van der Waals surface area contributed by atoms with Crippen LogP contribution in [-0.2, 0) is 14.8 Å². The summed E-state index contributed by atoms with van der Waals surface area (Å²) < 4.78 is 27.1. The van der Waals surface area contributed by atoms with Crippen LogP contribution in [0.15, 0.2) is 59.5 Å². The number of hydrogen-bond donors (Lipinski definition) is 1. The van der Waals surface area contributed by atoms with Crippen LogP contribution in [0.4, 0.5) is 5.69 Å². The van der Waals surface area contributed by atoms with E-state index in [0.717, 1.165) is 11.3 Å². The molecule has 5 nitrogen and oxygen atoms in total. The highest BCUT2D eigenvalue weighted by Gasteiger charge is 2.33. The smallest absolute Gasteiger partial charge is 0.243 e. The van der Waals surface area contributed by atoms with Crippen LogP contribution in [0.5, 0.6) is 0 Å². The molecule has 1 atom stereocenters. The number of anilines is 1. The Bertz CT molecular complexity index is 895. The first-order valence-corrected chi connectivity index (χ1v) is 10.8. The van der Waals surface area contributed by atoms with Crippen molar-refractivity contribution in [1.29, 1.82) is 0 Å². The molecule has 0 aliphatic carbocycles. The highest BCUT2D eigenvalue weighted by Crippen LogP contribution is 2.27. The van der Waals surface area contributed by atoms with Gasteiger partial charge in [-0.05, 0) is 42.5 Å². The van der Waals surface area contributed by atoms with Gasteiger partial charge >= 0.3 is 0 Å². The summed E-state index contributed by atoms with van der Waals surface area (Å²) >= 11 is 0. The van der Waals surface area contributed by atoms with E-state index >= 15 is 0 Å². The van der Waals surface area contributed by atoms with Gasteiger partial charge in [0.15, 0.2) is 0 Å². The van der Waals surface area contributed by atoms with Crippen LogP contribution in [0.2, 0.25) is 0 Å². The monoisotopic (exact) mass is 386 g/mol. The van der Waals surface area contributed by atoms with Gasteiger partial charge in [0.2, 0.25) is 15.9 Å². The van der Waals surface area contributed by atoms with Gasteiger partial charge in [0.1, 0.15) is 0 Å². The first kappa shape index (κ1) is 19.6. The van der Waals surface area contributed by atoms with Crippen molar-refractivity contribution in [3.05, 3.63) is 60.2 Å². The fraction of sp³-hybridized carbons (Fsp3) is 0.381. The van der Waals surface area contributed by atoms with Crippen molar-refractivity contribution in [2.75, 3.05) is 18.4 Å². The maximum atomic E-state index is 12.9. The number of hydrogen-bond acceptors (Lipinski definition) is 3. The molecule has 1 aliphatic heterocycles. The van der Waals surface area contributed by atoms with Gasteiger partial charge in [0.25, 0.3) is 0 Å². The molecule has 3 rings (SSSR count). The van der Waals surface area contributed by atoms with Gasteiger partial charge in [-0.2, -0.15) is 4.31 Å². The van der Waals surface area contributed by atoms with Gasteiger partial charge in [-0.1, -0.05) is 50.2 Å². The molecule has 27 heavy (non-hydrogen) atoms. The molecule has 1 fully saturated rings. The molecule has 144 valence electrons. The number of carbonyl (C=O) groups excluding carboxylic acids is 1. The van der Waals surface area contributed by atoms with Crippen molar-refractivity contribution >= 4 is 21.6 Å². The fourth-order valence-corrected chi connectivity index (χ4v) is 5.01. The third-order valence-electron chi connectivity index (χ3n) is 4.98. The molecule has 1 amide bonds. The van der Waals surface area contributed by atoms with Crippen molar-refractivity contribution in [2.45, 2.75) is 37.5 Å². The molecular weight excluding hydrogens is 360 g/mol. The molecule has 0 bridgehead atoms. The molecule has 0 radical (unpaired) electrons. The van der Waals surface area contributed by atoms with Crippen molar-refractivity contribution in [2.24, 2.45) is 5.92 Å². The van der Waals surface area contributed by atoms with Crippen LogP contribution >= 0.6 is 0 Å². The van der Waals surface area contributed by atoms with E-state index in [9.17, 15) is 13.2 Å². The number of para-hydroxylation sites is 1. The Labute approximate surface area is 161 Å². The maximum Gasteiger partial charge on any atom is 0.243 e. The zero-order valence-corrected chi connectivity index (χ0v) is 16.6. The van der Waals surface area contributed by atoms with Gasteiger partial charge in [-0.3, -0.25) is 4.79 Å². The molecular formula is C21H26N2O3S. The standard InChI is InChI=1S/C21H26N2O3S/c1-16(2)19-12-6-7-13-20(19)22-21(24)17-9-8-14-23(15-17)27(25,26)18-10-4-3-5-11-18/h3-7,10-13,16-17H,8-9,14-15H2,1-2H3,(H,22,24)/t17-/m1/s1. The molecule has 0 unspecified atom stereocenters. The van der Waals surface area contributed by atoms with Gasteiger partial charge < -0.3 is 5.32 Å². The van der Waals surface area contributed by atoms with Crippen LogP contribution in [-0.4, -0.2) is 31.7 Å². The number of piperidine rings is 1. The lowest BCUT2D eigenvalue weighted by Crippen LogP contribution is -2.43. The van der Waals surface area contributed by atoms with Gasteiger partial charge in [-0.25, -0.2) is 8.42 Å². The van der Waals surface area contributed by atoms with Gasteiger partial charge in [-0.15, -0.1) is 0 Å². The summed E-state index contributed by atoms with van der Waals surface area (Å²) in [5.74, 6) is -0.170. The summed E-state index contributed by atoms with van der Waals surface area (Å²) in [7, 11) is -3.57. The molecule has 2 aromatic rings. The summed E-state index contributed by atoms with van der Waals surface area (Å²) in [5, 5.41) is 3.01. The van der Waals surface area contributed by atoms with Crippen molar-refractivity contribution in [3.8, 4) is 0 Å². The van der Waals surface area contributed by atoms with E-state index < -0.39 is 10.0 Å². The predicted molar refractivity (Wildman–Crippen MR) is 107 cm³/mol. The Kier molecular flexibility index (Phi) is 5.97. The van der Waals surface area contributed by atoms with Crippen LogP contribution in [0, 0.1) is 5.92 Å². The molecule has 6 heteroatoms. The number of benzene rings is 2. The lowest BCUT2D eigenvalue weighted by molar-refractivity contribution is -0.120. The van der Waals surface area contributed by atoms with Crippen LogP contribution in [0.1, 0.15) is 38.2 Å². The third-order valence-corrected chi connectivity index (χ3v) is 6.86. The summed E-state index contributed by atoms with van der Waals surface area (Å²) in [6.45, 7) is 4.83. The SMILES string of the molecule is CC(C)c1ccccc1NC(=O)[C@@H]1CCCN(S(=O)(=O)c2ccccc2)C1. The minimum Gasteiger partial charge on any atom is -0.326 e. The lowest BCUT2D eigenvalue weighted by Gasteiger charge is -2.31. The Morgan fingerprint density at radius 3 is 2.44 bits per heavy atom. The van der Waals surface area contributed by atoms with E-state index in [1.165, 1.54) is 4.31 Å². The molecule has 0 spiro atoms. The number of nitrogens with one attached hydrogen (secondary N) is 1. The number of amides is 1. The third kappa shape index (κ3) is 4.39. The van der Waals surface area contributed by atoms with Crippen LogP contribution in [0.3, 0.4) is 0 Å². The number of sulfonamides is 1. The van der Waals surface area contributed by atoms with E-state index in [-0.39, 0.29) is 23.3 Å². The van der Waals surface area contributed by atoms with Crippen molar-refractivity contribution < 1.29 is 13.2 Å². The first-order valence-electron chi connectivity index (χ1n) is 9.34. The van der Waals surface area contributed by atoms with Crippen LogP contribution < -0.4 is 5.32 Å². The van der Waals surface area contributed by atoms with Crippen LogP contribution in [0.25, 0.3) is 0 Å². The highest BCUT2D eigenvalue weighted by molar-refractivity contribution is 7.89. The molecule has 0 aromatic heterocycles. The van der Waals surface area contributed by atoms with Gasteiger partial charge in [0, 0.05) is 18.8 Å². The topological polar surface area (TPSA) is 66.5 Å². The minimum absolute atomic E-state index is 0.115. The fourth-order valence-electron chi connectivity index (χ4n) is 3.47. The normalized spacial score (nSPS) is 18.4. The van der Waals surface area contributed by atoms with E-state index in [0.29, 0.717) is 25.3 Å². The lowest BCUT2D eigenvalue weighted by atomic mass is 9.97. The predicted octanol–water partition coefficient (Wildman–Crippen LogP) is 3.85. The molecule has 1 N–H and O–H groups in total. The summed E-state index contributed by atoms with van der Waals surface area (Å²) in [6.07, 6.45) is 1.37. The van der Waals surface area contributed by atoms with Gasteiger partial charge in [0.05, 0.1) is 10.8 Å². The minimum atomic E-state index is -3.57. The molecule has 1 heterocycles. The van der Waals surface area contributed by atoms with Crippen molar-refractivity contribution in [1.82, 2.24) is 4.31 Å². The van der Waals surface area contributed by atoms with E-state index in [1.807, 2.05) is 24.3 Å². The second kappa shape index (κ2) is 8.23. The average molecular weight is 387 g/mol. The Morgan fingerprint density at radius 2 is 1.74 bits per heavy atom. The second-order valence-electron chi connectivity index (χ2n) is 7.25. The average Bonchev–Trinajstić information content (AvgIpc) is 2.69. The molecule has 1 saturated heterocycles. The summed E-state index contributed by atoms with van der Waals surface area (Å²) in [6, 6.07) is 16.2. The molecule has 0 saturated carbocycles. The first-order chi connectivity index (χ1) is 12.9. The zero-order valence-electron chi connectivity index (χ0n) is 15.8. The number of rotatable bonds is 5. The van der Waals surface area contributed by atoms with Crippen molar-refractivity contribution in [3.63, 3.8) is 0 Å². The Morgan fingerprint density at radius 1 is 1.07 bits per heavy atom. The Balaban J connectivity index is 1.74. The van der Waals surface area contributed by atoms with E-state index in [4.69, 9.17) is 0 Å². The number of nitrogens with zero attached hydrogens (tertiary/aromatic N) is 1. The maximum absolute atomic E-state index is 12.9. The van der Waals surface area contributed by atoms with E-state index in [2.05, 4.69) is 19.2 Å². The Hall–Kier alpha value is -2.18. The highest BCUT2D eigenvalue weighted by atomic mass is 32.2. The molecule has 1 aliphatic rings. The summed E-state index contributed by atoms with van der Waals surface area (Å²) in [4.78, 5) is 13.1.